The van der Waals surface area contributed by atoms with Crippen LogP contribution >= 0.6 is 0 Å². The van der Waals surface area contributed by atoms with Gasteiger partial charge in [-0.25, -0.2) is 13.1 Å². The maximum Gasteiger partial charge on any atom is 0.289 e. The molecule has 1 fully saturated rings. The molecular weight excluding hydrogens is 270 g/mol. The Morgan fingerprint density at radius 2 is 2.21 bits per heavy atom. The van der Waals surface area contributed by atoms with Crippen molar-refractivity contribution in [1.82, 2.24) is 10.0 Å². The molecule has 2 rings (SSSR count). The minimum absolute atomic E-state index is 0.218. The summed E-state index contributed by atoms with van der Waals surface area (Å²) in [6, 6.07) is 4.01. The van der Waals surface area contributed by atoms with Crippen LogP contribution in [-0.4, -0.2) is 32.5 Å². The Labute approximate surface area is 111 Å². The number of nitrogens with one attached hydrogen (secondary N) is 2. The van der Waals surface area contributed by atoms with Gasteiger partial charge in [-0.2, -0.15) is 0 Å². The van der Waals surface area contributed by atoms with Crippen LogP contribution in [0.15, 0.2) is 23.1 Å². The number of rotatable bonds is 4. The number of sulfonamides is 1. The predicted octanol–water partition coefficient (Wildman–Crippen LogP) is 0.543. The molecule has 0 unspecified atom stereocenters. The van der Waals surface area contributed by atoms with E-state index in [4.69, 9.17) is 0 Å². The lowest BCUT2D eigenvalue weighted by Gasteiger charge is -2.13. The molecule has 104 valence electrons. The van der Waals surface area contributed by atoms with E-state index in [1.54, 1.807) is 13.0 Å². The van der Waals surface area contributed by atoms with Gasteiger partial charge in [-0.15, -0.1) is 0 Å². The molecule has 8 heteroatoms. The third-order valence-corrected chi connectivity index (χ3v) is 4.75. The largest absolute Gasteiger partial charge is 0.315 e. The molecule has 0 saturated carbocycles. The maximum atomic E-state index is 12.3. The summed E-state index contributed by atoms with van der Waals surface area (Å²) in [5.41, 5.74) is -0.0221. The zero-order valence-electron chi connectivity index (χ0n) is 10.4. The molecule has 1 aromatic rings. The Hall–Kier alpha value is -1.51. The summed E-state index contributed by atoms with van der Waals surface area (Å²) in [5.74, 6) is 0. The van der Waals surface area contributed by atoms with E-state index in [1.165, 1.54) is 12.1 Å². The Morgan fingerprint density at radius 1 is 1.47 bits per heavy atom. The first kappa shape index (κ1) is 13.9. The summed E-state index contributed by atoms with van der Waals surface area (Å²) >= 11 is 0. The topological polar surface area (TPSA) is 101 Å². The molecule has 0 bridgehead atoms. The van der Waals surface area contributed by atoms with Crippen LogP contribution in [0.4, 0.5) is 5.69 Å². The molecule has 1 aliphatic rings. The van der Waals surface area contributed by atoms with Gasteiger partial charge in [-0.3, -0.25) is 10.1 Å². The van der Waals surface area contributed by atoms with Crippen molar-refractivity contribution in [3.63, 3.8) is 0 Å². The maximum absolute atomic E-state index is 12.3. The minimum Gasteiger partial charge on any atom is -0.315 e. The minimum atomic E-state index is -3.88. The molecule has 7 nitrogen and oxygen atoms in total. The standard InChI is InChI=1S/C11H15N3O4S/c1-8-3-2-4-10(14(15)16)11(8)19(17,18)13-9-5-6-12-7-9/h2-4,9,12-13H,5-7H2,1H3/t9-/m1/s1. The van der Waals surface area contributed by atoms with Crippen LogP contribution < -0.4 is 10.0 Å². The highest BCUT2D eigenvalue weighted by molar-refractivity contribution is 7.89. The lowest BCUT2D eigenvalue weighted by molar-refractivity contribution is -0.387. The molecule has 0 aromatic heterocycles. The summed E-state index contributed by atoms with van der Waals surface area (Å²) in [4.78, 5) is 10.0. The molecule has 19 heavy (non-hydrogen) atoms. The van der Waals surface area contributed by atoms with Crippen molar-refractivity contribution in [2.24, 2.45) is 0 Å². The van der Waals surface area contributed by atoms with Crippen molar-refractivity contribution >= 4 is 15.7 Å². The molecule has 1 aliphatic heterocycles. The molecule has 0 spiro atoms. The summed E-state index contributed by atoms with van der Waals surface area (Å²) in [6.45, 7) is 2.83. The highest BCUT2D eigenvalue weighted by Gasteiger charge is 2.30. The van der Waals surface area contributed by atoms with Crippen molar-refractivity contribution < 1.29 is 13.3 Å². The zero-order chi connectivity index (χ0) is 14.0. The molecule has 1 saturated heterocycles. The summed E-state index contributed by atoms with van der Waals surface area (Å²) in [6.07, 6.45) is 0.679. The molecule has 0 radical (unpaired) electrons. The third-order valence-electron chi connectivity index (χ3n) is 3.04. The highest BCUT2D eigenvalue weighted by atomic mass is 32.2. The normalized spacial score (nSPS) is 19.5. The summed E-state index contributed by atoms with van der Waals surface area (Å²) < 4.78 is 27.1. The van der Waals surface area contributed by atoms with Gasteiger partial charge in [0.1, 0.15) is 0 Å². The Kier molecular flexibility index (Phi) is 3.83. The second-order valence-corrected chi connectivity index (χ2v) is 6.14. The van der Waals surface area contributed by atoms with Crippen molar-refractivity contribution in [1.29, 1.82) is 0 Å². The van der Waals surface area contributed by atoms with E-state index in [1.807, 2.05) is 0 Å². The van der Waals surface area contributed by atoms with Crippen molar-refractivity contribution in [3.05, 3.63) is 33.9 Å². The van der Waals surface area contributed by atoms with E-state index in [9.17, 15) is 18.5 Å². The van der Waals surface area contributed by atoms with Gasteiger partial charge in [0.25, 0.3) is 5.69 Å². The average molecular weight is 285 g/mol. The number of nitro benzene ring substituents is 1. The number of hydrogen-bond donors (Lipinski definition) is 2. The molecule has 1 heterocycles. The van der Waals surface area contributed by atoms with E-state index in [0.29, 0.717) is 18.5 Å². The van der Waals surface area contributed by atoms with Crippen LogP contribution in [0.3, 0.4) is 0 Å². The Balaban J connectivity index is 2.41. The van der Waals surface area contributed by atoms with E-state index in [2.05, 4.69) is 10.0 Å². The quantitative estimate of drug-likeness (QED) is 0.621. The van der Waals surface area contributed by atoms with Crippen molar-refractivity contribution in [3.8, 4) is 0 Å². The number of hydrogen-bond acceptors (Lipinski definition) is 5. The molecule has 1 aromatic carbocycles. The zero-order valence-corrected chi connectivity index (χ0v) is 11.2. The molecule has 1 atom stereocenters. The predicted molar refractivity (Wildman–Crippen MR) is 69.4 cm³/mol. The van der Waals surface area contributed by atoms with Gasteiger partial charge >= 0.3 is 0 Å². The SMILES string of the molecule is Cc1cccc([N+](=O)[O-])c1S(=O)(=O)N[C@@H]1CCNC1. The average Bonchev–Trinajstić information content (AvgIpc) is 2.80. The smallest absolute Gasteiger partial charge is 0.289 e. The molecule has 2 N–H and O–H groups in total. The second kappa shape index (κ2) is 5.24. The van der Waals surface area contributed by atoms with E-state index < -0.39 is 20.6 Å². The van der Waals surface area contributed by atoms with E-state index in [0.717, 1.165) is 6.54 Å². The van der Waals surface area contributed by atoms with Crippen LogP contribution in [0.5, 0.6) is 0 Å². The van der Waals surface area contributed by atoms with Gasteiger partial charge in [-0.05, 0) is 25.5 Å². The monoisotopic (exact) mass is 285 g/mol. The van der Waals surface area contributed by atoms with Crippen LogP contribution in [0.25, 0.3) is 0 Å². The fourth-order valence-electron chi connectivity index (χ4n) is 2.16. The van der Waals surface area contributed by atoms with Crippen molar-refractivity contribution in [2.45, 2.75) is 24.3 Å². The Morgan fingerprint density at radius 3 is 2.79 bits per heavy atom. The van der Waals surface area contributed by atoms with E-state index in [-0.39, 0.29) is 10.9 Å². The van der Waals surface area contributed by atoms with Gasteiger partial charge in [0.2, 0.25) is 10.0 Å². The van der Waals surface area contributed by atoms with Crippen LogP contribution in [0.2, 0.25) is 0 Å². The fourth-order valence-corrected chi connectivity index (χ4v) is 3.83. The molecule has 0 amide bonds. The number of nitrogens with zero attached hydrogens (tertiary/aromatic N) is 1. The van der Waals surface area contributed by atoms with Gasteiger partial charge < -0.3 is 5.32 Å². The van der Waals surface area contributed by atoms with Gasteiger partial charge in [0, 0.05) is 18.7 Å². The highest BCUT2D eigenvalue weighted by Crippen LogP contribution is 2.27. The summed E-state index contributed by atoms with van der Waals surface area (Å²) in [5, 5.41) is 14.0. The Bertz CT molecular complexity index is 594. The molecule has 0 aliphatic carbocycles. The lowest BCUT2D eigenvalue weighted by Crippen LogP contribution is -2.36. The fraction of sp³-hybridized carbons (Fsp3) is 0.455. The molecular formula is C11H15N3O4S. The first-order valence-corrected chi connectivity index (χ1v) is 7.37. The van der Waals surface area contributed by atoms with Crippen LogP contribution in [-0.2, 0) is 10.0 Å². The first-order chi connectivity index (χ1) is 8.92. The van der Waals surface area contributed by atoms with Gasteiger partial charge in [-0.1, -0.05) is 12.1 Å². The summed E-state index contributed by atoms with van der Waals surface area (Å²) in [7, 11) is -3.88. The van der Waals surface area contributed by atoms with Gasteiger partial charge in [0.15, 0.2) is 4.90 Å². The van der Waals surface area contributed by atoms with Crippen LogP contribution in [0, 0.1) is 17.0 Å². The lowest BCUT2D eigenvalue weighted by atomic mass is 10.2. The van der Waals surface area contributed by atoms with E-state index >= 15 is 0 Å². The first-order valence-electron chi connectivity index (χ1n) is 5.89. The van der Waals surface area contributed by atoms with Crippen LogP contribution in [0.1, 0.15) is 12.0 Å². The number of aryl methyl sites for hydroxylation is 1. The number of benzene rings is 1. The van der Waals surface area contributed by atoms with Crippen molar-refractivity contribution in [2.75, 3.05) is 13.1 Å². The number of nitro groups is 1. The third kappa shape index (κ3) is 2.91. The van der Waals surface area contributed by atoms with Gasteiger partial charge in [0.05, 0.1) is 4.92 Å². The second-order valence-electron chi connectivity index (χ2n) is 4.49.